The molecule has 5 nitrogen and oxygen atoms in total. The molecule has 0 N–H and O–H groups in total. The van der Waals surface area contributed by atoms with Crippen molar-refractivity contribution >= 4 is 23.3 Å². The Kier molecular flexibility index (Phi) is 3.10. The lowest BCUT2D eigenvalue weighted by atomic mass is 10.3. The molecule has 0 aromatic carbocycles. The first-order valence-electron chi connectivity index (χ1n) is 5.11. The highest BCUT2D eigenvalue weighted by Gasteiger charge is 2.13. The molecule has 0 fully saturated rings. The zero-order valence-electron chi connectivity index (χ0n) is 9.13. The topological polar surface area (TPSA) is 60.4 Å². The summed E-state index contributed by atoms with van der Waals surface area (Å²) >= 11 is 5.97. The van der Waals surface area contributed by atoms with Gasteiger partial charge in [-0.3, -0.25) is 14.5 Å². The molecule has 2 aromatic rings. The second-order valence-corrected chi connectivity index (χ2v) is 3.82. The van der Waals surface area contributed by atoms with Gasteiger partial charge in [-0.05, 0) is 12.1 Å². The van der Waals surface area contributed by atoms with E-state index in [-0.39, 0.29) is 10.9 Å². The number of allylic oxidation sites excluding steroid dienone is 1. The minimum Gasteiger partial charge on any atom is -0.298 e. The zero-order valence-corrected chi connectivity index (χ0v) is 9.89. The van der Waals surface area contributed by atoms with E-state index < -0.39 is 4.92 Å². The molecule has 0 saturated heterocycles. The molecule has 6 heteroatoms. The summed E-state index contributed by atoms with van der Waals surface area (Å²) in [5, 5.41) is 11.0. The van der Waals surface area contributed by atoms with E-state index in [0.29, 0.717) is 17.8 Å². The van der Waals surface area contributed by atoms with E-state index in [1.54, 1.807) is 23.6 Å². The number of fused-ring (bicyclic) bond motifs is 1. The molecule has 0 aliphatic rings. The molecule has 0 saturated carbocycles. The molecule has 2 rings (SSSR count). The van der Waals surface area contributed by atoms with Gasteiger partial charge in [0.25, 0.3) is 0 Å². The van der Waals surface area contributed by atoms with E-state index in [0.717, 1.165) is 0 Å². The van der Waals surface area contributed by atoms with Crippen LogP contribution in [0.5, 0.6) is 0 Å². The number of nitro groups is 1. The number of aromatic nitrogens is 2. The van der Waals surface area contributed by atoms with Gasteiger partial charge in [-0.25, -0.2) is 4.98 Å². The first kappa shape index (κ1) is 11.6. The fraction of sp³-hybridized carbons (Fsp3) is 0.182. The fourth-order valence-corrected chi connectivity index (χ4v) is 1.79. The summed E-state index contributed by atoms with van der Waals surface area (Å²) in [6, 6.07) is 5.45. The van der Waals surface area contributed by atoms with Crippen LogP contribution in [-0.4, -0.2) is 14.3 Å². The Morgan fingerprint density at radius 1 is 1.65 bits per heavy atom. The first-order valence-corrected chi connectivity index (χ1v) is 5.49. The van der Waals surface area contributed by atoms with Crippen LogP contribution < -0.4 is 0 Å². The molecule has 17 heavy (non-hydrogen) atoms. The van der Waals surface area contributed by atoms with Gasteiger partial charge >= 0.3 is 0 Å². The molecule has 0 unspecified atom stereocenters. The molecule has 0 aliphatic carbocycles. The predicted molar refractivity (Wildman–Crippen MR) is 65.5 cm³/mol. The van der Waals surface area contributed by atoms with Gasteiger partial charge in [0.2, 0.25) is 5.70 Å². The number of pyridine rings is 1. The average Bonchev–Trinajstić information content (AvgIpc) is 2.61. The molecule has 0 bridgehead atoms. The van der Waals surface area contributed by atoms with Gasteiger partial charge in [0.05, 0.1) is 10.6 Å². The van der Waals surface area contributed by atoms with Crippen molar-refractivity contribution in [3.8, 4) is 0 Å². The van der Waals surface area contributed by atoms with Crippen LogP contribution in [0.1, 0.15) is 19.0 Å². The second kappa shape index (κ2) is 4.55. The van der Waals surface area contributed by atoms with Crippen LogP contribution in [0.4, 0.5) is 0 Å². The number of hydrogen-bond acceptors (Lipinski definition) is 3. The second-order valence-electron chi connectivity index (χ2n) is 3.46. The van der Waals surface area contributed by atoms with Crippen LogP contribution in [0, 0.1) is 10.1 Å². The SMILES string of the molecule is CC/C(=C\c1c(Cl)nc2ccccn12)[N+](=O)[O-]. The quantitative estimate of drug-likeness (QED) is 0.622. The van der Waals surface area contributed by atoms with Crippen LogP contribution in [0.3, 0.4) is 0 Å². The predicted octanol–water partition coefficient (Wildman–Crippen LogP) is 3.02. The highest BCUT2D eigenvalue weighted by molar-refractivity contribution is 6.31. The van der Waals surface area contributed by atoms with E-state index in [1.807, 2.05) is 12.1 Å². The van der Waals surface area contributed by atoms with Crippen LogP contribution >= 0.6 is 11.6 Å². The van der Waals surface area contributed by atoms with E-state index in [4.69, 9.17) is 11.6 Å². The number of rotatable bonds is 3. The summed E-state index contributed by atoms with van der Waals surface area (Å²) in [5.74, 6) is 0. The minimum atomic E-state index is -0.404. The summed E-state index contributed by atoms with van der Waals surface area (Å²) in [6.45, 7) is 1.73. The van der Waals surface area contributed by atoms with Gasteiger partial charge in [-0.2, -0.15) is 0 Å². The third-order valence-electron chi connectivity index (χ3n) is 2.42. The molecule has 0 atom stereocenters. The van der Waals surface area contributed by atoms with Crippen LogP contribution in [0.25, 0.3) is 11.7 Å². The summed E-state index contributed by atoms with van der Waals surface area (Å²) in [5.41, 5.74) is 1.32. The van der Waals surface area contributed by atoms with Crippen LogP contribution in [0.15, 0.2) is 30.1 Å². The van der Waals surface area contributed by atoms with E-state index >= 15 is 0 Å². The number of hydrogen-bond donors (Lipinski definition) is 0. The number of nitrogens with zero attached hydrogens (tertiary/aromatic N) is 3. The van der Waals surface area contributed by atoms with E-state index in [1.165, 1.54) is 6.08 Å². The van der Waals surface area contributed by atoms with Crippen molar-refractivity contribution in [2.24, 2.45) is 0 Å². The highest BCUT2D eigenvalue weighted by atomic mass is 35.5. The summed E-state index contributed by atoms with van der Waals surface area (Å²) in [4.78, 5) is 14.5. The van der Waals surface area contributed by atoms with Crippen molar-refractivity contribution in [3.05, 3.63) is 51.1 Å². The van der Waals surface area contributed by atoms with Crippen molar-refractivity contribution in [2.75, 3.05) is 0 Å². The number of halogens is 1. The molecular formula is C11H10ClN3O2. The van der Waals surface area contributed by atoms with E-state index in [9.17, 15) is 10.1 Å². The Bertz CT molecular complexity index is 604. The Morgan fingerprint density at radius 2 is 2.41 bits per heavy atom. The smallest absolute Gasteiger partial charge is 0.248 e. The lowest BCUT2D eigenvalue weighted by Crippen LogP contribution is -1.98. The highest BCUT2D eigenvalue weighted by Crippen LogP contribution is 2.21. The molecule has 2 aromatic heterocycles. The Balaban J connectivity index is 2.62. The van der Waals surface area contributed by atoms with Gasteiger partial charge in [-0.15, -0.1) is 0 Å². The molecule has 88 valence electrons. The van der Waals surface area contributed by atoms with Gasteiger partial charge in [0.15, 0.2) is 5.15 Å². The van der Waals surface area contributed by atoms with Gasteiger partial charge in [-0.1, -0.05) is 24.6 Å². The first-order chi connectivity index (χ1) is 8.13. The molecule has 0 amide bonds. The molecule has 2 heterocycles. The Hall–Kier alpha value is -1.88. The van der Waals surface area contributed by atoms with Crippen molar-refractivity contribution < 1.29 is 4.92 Å². The monoisotopic (exact) mass is 251 g/mol. The van der Waals surface area contributed by atoms with Crippen LogP contribution in [-0.2, 0) is 0 Å². The summed E-state index contributed by atoms with van der Waals surface area (Å²) in [7, 11) is 0. The number of imidazole rings is 1. The van der Waals surface area contributed by atoms with E-state index in [2.05, 4.69) is 4.98 Å². The van der Waals surface area contributed by atoms with Gasteiger partial charge in [0, 0.05) is 18.7 Å². The normalized spacial score (nSPS) is 12.0. The third-order valence-corrected chi connectivity index (χ3v) is 2.70. The zero-order chi connectivity index (χ0) is 12.4. The standard InChI is InChI=1S/C11H10ClN3O2/c1-2-8(15(16)17)7-9-11(12)13-10-5-3-4-6-14(9)10/h3-7H,2H2,1H3/b8-7+. The molecular weight excluding hydrogens is 242 g/mol. The Labute approximate surface area is 102 Å². The molecule has 0 aliphatic heterocycles. The maximum Gasteiger partial charge on any atom is 0.248 e. The van der Waals surface area contributed by atoms with Crippen molar-refractivity contribution in [1.29, 1.82) is 0 Å². The lowest BCUT2D eigenvalue weighted by molar-refractivity contribution is -0.425. The molecule has 0 spiro atoms. The van der Waals surface area contributed by atoms with Gasteiger partial charge < -0.3 is 0 Å². The van der Waals surface area contributed by atoms with Crippen molar-refractivity contribution in [3.63, 3.8) is 0 Å². The maximum absolute atomic E-state index is 10.8. The summed E-state index contributed by atoms with van der Waals surface area (Å²) in [6.07, 6.45) is 3.57. The van der Waals surface area contributed by atoms with Gasteiger partial charge in [0.1, 0.15) is 5.65 Å². The average molecular weight is 252 g/mol. The largest absolute Gasteiger partial charge is 0.298 e. The van der Waals surface area contributed by atoms with Crippen molar-refractivity contribution in [1.82, 2.24) is 9.38 Å². The summed E-state index contributed by atoms with van der Waals surface area (Å²) < 4.78 is 1.72. The Morgan fingerprint density at radius 3 is 3.06 bits per heavy atom. The molecule has 0 radical (unpaired) electrons. The van der Waals surface area contributed by atoms with Crippen LogP contribution in [0.2, 0.25) is 5.15 Å². The maximum atomic E-state index is 10.8. The van der Waals surface area contributed by atoms with Crippen molar-refractivity contribution in [2.45, 2.75) is 13.3 Å². The fourth-order valence-electron chi connectivity index (χ4n) is 1.56. The lowest BCUT2D eigenvalue weighted by Gasteiger charge is -1.97. The third kappa shape index (κ3) is 2.14. The minimum absolute atomic E-state index is 0.109.